The molecule has 0 aliphatic carbocycles. The molecular weight excluding hydrogens is 228 g/mol. The number of thiophene rings is 1. The van der Waals surface area contributed by atoms with Gasteiger partial charge in [0.2, 0.25) is 0 Å². The van der Waals surface area contributed by atoms with Crippen molar-refractivity contribution < 1.29 is 0 Å². The third-order valence-corrected chi connectivity index (χ3v) is 3.78. The number of nitrogens with one attached hydrogen (secondary N) is 1. The fourth-order valence-electron chi connectivity index (χ4n) is 1.89. The van der Waals surface area contributed by atoms with E-state index >= 15 is 0 Å². The quantitative estimate of drug-likeness (QED) is 0.862. The maximum absolute atomic E-state index is 3.42. The van der Waals surface area contributed by atoms with Crippen LogP contribution < -0.4 is 5.32 Å². The zero-order valence-electron chi connectivity index (χ0n) is 9.32. The van der Waals surface area contributed by atoms with Gasteiger partial charge >= 0.3 is 0 Å². The van der Waals surface area contributed by atoms with Gasteiger partial charge in [0, 0.05) is 42.0 Å². The summed E-state index contributed by atoms with van der Waals surface area (Å²) >= 11 is 1.92. The minimum atomic E-state index is 0. The zero-order valence-corrected chi connectivity index (χ0v) is 11.0. The molecule has 4 heteroatoms. The van der Waals surface area contributed by atoms with Gasteiger partial charge < -0.3 is 5.32 Å². The minimum Gasteiger partial charge on any atom is -0.314 e. The monoisotopic (exact) mass is 246 g/mol. The Balaban J connectivity index is 0.00000112. The number of halogens is 1. The summed E-state index contributed by atoms with van der Waals surface area (Å²) in [5.41, 5.74) is 0. The van der Waals surface area contributed by atoms with Crippen molar-refractivity contribution in [2.75, 3.05) is 19.6 Å². The van der Waals surface area contributed by atoms with Gasteiger partial charge in [0.25, 0.3) is 0 Å². The lowest BCUT2D eigenvalue weighted by Gasteiger charge is -2.33. The second-order valence-electron chi connectivity index (χ2n) is 4.04. The average Bonchev–Trinajstić information content (AvgIpc) is 2.56. The highest BCUT2D eigenvalue weighted by Gasteiger charge is 2.17. The summed E-state index contributed by atoms with van der Waals surface area (Å²) in [5.74, 6) is 0. The highest BCUT2D eigenvalue weighted by molar-refractivity contribution is 7.11. The Hall–Kier alpha value is -0.0900. The van der Waals surface area contributed by atoms with Crippen LogP contribution in [0.25, 0.3) is 0 Å². The molecule has 0 aromatic carbocycles. The van der Waals surface area contributed by atoms with Crippen molar-refractivity contribution in [3.8, 4) is 0 Å². The molecule has 2 rings (SSSR count). The van der Waals surface area contributed by atoms with Crippen LogP contribution in [0.15, 0.2) is 12.1 Å². The van der Waals surface area contributed by atoms with E-state index < -0.39 is 0 Å². The second-order valence-corrected chi connectivity index (χ2v) is 5.41. The Labute approximate surface area is 102 Å². The maximum Gasteiger partial charge on any atom is 0.0331 e. The van der Waals surface area contributed by atoms with E-state index in [0.717, 1.165) is 19.6 Å². The van der Waals surface area contributed by atoms with E-state index in [1.54, 1.807) is 0 Å². The van der Waals surface area contributed by atoms with Gasteiger partial charge in [0.05, 0.1) is 0 Å². The van der Waals surface area contributed by atoms with Crippen LogP contribution in [0.4, 0.5) is 0 Å². The van der Waals surface area contributed by atoms with E-state index in [1.165, 1.54) is 16.3 Å². The summed E-state index contributed by atoms with van der Waals surface area (Å²) in [6.45, 7) is 9.04. The topological polar surface area (TPSA) is 15.3 Å². The van der Waals surface area contributed by atoms with Gasteiger partial charge in [-0.1, -0.05) is 0 Å². The SMILES string of the molecule is Cc1ccc(CN2CCNC[C@H]2C)s1.Cl. The van der Waals surface area contributed by atoms with Crippen LogP contribution in [0.1, 0.15) is 16.7 Å². The van der Waals surface area contributed by atoms with Crippen LogP contribution in [0, 0.1) is 6.92 Å². The molecule has 2 nitrogen and oxygen atoms in total. The van der Waals surface area contributed by atoms with Crippen LogP contribution in [0.2, 0.25) is 0 Å². The molecule has 1 aliphatic rings. The molecule has 1 saturated heterocycles. The van der Waals surface area contributed by atoms with Gasteiger partial charge in [-0.05, 0) is 26.0 Å². The fourth-order valence-corrected chi connectivity index (χ4v) is 2.80. The predicted molar refractivity (Wildman–Crippen MR) is 69.0 cm³/mol. The number of aryl methyl sites for hydroxylation is 1. The molecule has 1 fully saturated rings. The molecule has 86 valence electrons. The first kappa shape index (κ1) is 13.0. The average molecular weight is 247 g/mol. The lowest BCUT2D eigenvalue weighted by Crippen LogP contribution is -2.49. The number of rotatable bonds is 2. The van der Waals surface area contributed by atoms with Crippen LogP contribution >= 0.6 is 23.7 Å². The van der Waals surface area contributed by atoms with E-state index in [1.807, 2.05) is 11.3 Å². The van der Waals surface area contributed by atoms with Crippen LogP contribution in [0.3, 0.4) is 0 Å². The largest absolute Gasteiger partial charge is 0.314 e. The fraction of sp³-hybridized carbons (Fsp3) is 0.636. The molecule has 1 atom stereocenters. The lowest BCUT2D eigenvalue weighted by atomic mass is 10.2. The highest BCUT2D eigenvalue weighted by atomic mass is 35.5. The molecule has 0 unspecified atom stereocenters. The molecule has 15 heavy (non-hydrogen) atoms. The van der Waals surface area contributed by atoms with E-state index in [4.69, 9.17) is 0 Å². The predicted octanol–water partition coefficient (Wildman–Crippen LogP) is 2.27. The number of hydrogen-bond donors (Lipinski definition) is 1. The summed E-state index contributed by atoms with van der Waals surface area (Å²) in [4.78, 5) is 5.47. The van der Waals surface area contributed by atoms with Crippen molar-refractivity contribution in [3.05, 3.63) is 21.9 Å². The molecule has 1 aliphatic heterocycles. The van der Waals surface area contributed by atoms with Gasteiger partial charge in [-0.25, -0.2) is 0 Å². The van der Waals surface area contributed by atoms with E-state index in [0.29, 0.717) is 6.04 Å². The second kappa shape index (κ2) is 5.85. The molecule has 0 spiro atoms. The smallest absolute Gasteiger partial charge is 0.0331 e. The lowest BCUT2D eigenvalue weighted by molar-refractivity contribution is 0.167. The van der Waals surface area contributed by atoms with Crippen molar-refractivity contribution in [1.82, 2.24) is 10.2 Å². The first-order valence-corrected chi connectivity index (χ1v) is 6.07. The Kier molecular flexibility index (Phi) is 5.06. The first-order chi connectivity index (χ1) is 6.75. The first-order valence-electron chi connectivity index (χ1n) is 5.26. The van der Waals surface area contributed by atoms with E-state index in [9.17, 15) is 0 Å². The molecule has 1 aromatic rings. The summed E-state index contributed by atoms with van der Waals surface area (Å²) < 4.78 is 0. The number of hydrogen-bond acceptors (Lipinski definition) is 3. The van der Waals surface area contributed by atoms with E-state index in [-0.39, 0.29) is 12.4 Å². The van der Waals surface area contributed by atoms with Crippen molar-refractivity contribution in [2.24, 2.45) is 0 Å². The van der Waals surface area contributed by atoms with Crippen LogP contribution in [-0.2, 0) is 6.54 Å². The Morgan fingerprint density at radius 2 is 2.33 bits per heavy atom. The molecule has 0 saturated carbocycles. The van der Waals surface area contributed by atoms with Crippen molar-refractivity contribution in [1.29, 1.82) is 0 Å². The zero-order chi connectivity index (χ0) is 9.97. The van der Waals surface area contributed by atoms with Crippen LogP contribution in [-0.4, -0.2) is 30.6 Å². The van der Waals surface area contributed by atoms with Gasteiger partial charge in [-0.3, -0.25) is 4.90 Å². The van der Waals surface area contributed by atoms with Crippen molar-refractivity contribution >= 4 is 23.7 Å². The third kappa shape index (κ3) is 3.45. The molecule has 0 amide bonds. The highest BCUT2D eigenvalue weighted by Crippen LogP contribution is 2.18. The molecule has 0 radical (unpaired) electrons. The maximum atomic E-state index is 3.42. The Morgan fingerprint density at radius 1 is 1.53 bits per heavy atom. The van der Waals surface area contributed by atoms with Crippen molar-refractivity contribution in [2.45, 2.75) is 26.4 Å². The van der Waals surface area contributed by atoms with Crippen LogP contribution in [0.5, 0.6) is 0 Å². The molecule has 1 N–H and O–H groups in total. The minimum absolute atomic E-state index is 0. The molecule has 1 aromatic heterocycles. The third-order valence-electron chi connectivity index (χ3n) is 2.79. The van der Waals surface area contributed by atoms with Gasteiger partial charge in [0.1, 0.15) is 0 Å². The van der Waals surface area contributed by atoms with Gasteiger partial charge in [-0.15, -0.1) is 23.7 Å². The summed E-state index contributed by atoms with van der Waals surface area (Å²) in [6.07, 6.45) is 0. The van der Waals surface area contributed by atoms with E-state index in [2.05, 4.69) is 36.2 Å². The Bertz CT molecular complexity index is 301. The number of nitrogens with zero attached hydrogens (tertiary/aromatic N) is 1. The summed E-state index contributed by atoms with van der Waals surface area (Å²) in [6, 6.07) is 5.15. The summed E-state index contributed by atoms with van der Waals surface area (Å²) in [7, 11) is 0. The van der Waals surface area contributed by atoms with Gasteiger partial charge in [0.15, 0.2) is 0 Å². The summed E-state index contributed by atoms with van der Waals surface area (Å²) in [5, 5.41) is 3.42. The number of piperazine rings is 1. The Morgan fingerprint density at radius 3 is 2.93 bits per heavy atom. The van der Waals surface area contributed by atoms with Gasteiger partial charge in [-0.2, -0.15) is 0 Å². The molecule has 0 bridgehead atoms. The van der Waals surface area contributed by atoms with Crippen molar-refractivity contribution in [3.63, 3.8) is 0 Å². The normalized spacial score (nSPS) is 22.4. The molecular formula is C11H19ClN2S. The molecule has 2 heterocycles. The standard InChI is InChI=1S/C11H18N2S.ClH/c1-9-7-12-5-6-13(9)8-11-4-3-10(2)14-11;/h3-4,9,12H,5-8H2,1-2H3;1H/t9-;/m1./s1.